The van der Waals surface area contributed by atoms with Gasteiger partial charge in [0, 0.05) is 20.2 Å². The number of benzene rings is 2. The van der Waals surface area contributed by atoms with Crippen LogP contribution >= 0.6 is 0 Å². The number of fused-ring (bicyclic) bond motifs is 1. The molecule has 0 N–H and O–H groups in total. The summed E-state index contributed by atoms with van der Waals surface area (Å²) in [6, 6.07) is 15.7. The summed E-state index contributed by atoms with van der Waals surface area (Å²) >= 11 is 0. The lowest BCUT2D eigenvalue weighted by Crippen LogP contribution is -2.33. The average Bonchev–Trinajstić information content (AvgIpc) is 2.62. The minimum absolute atomic E-state index is 0.0451. The Morgan fingerprint density at radius 1 is 1.00 bits per heavy atom. The zero-order chi connectivity index (χ0) is 16.8. The van der Waals surface area contributed by atoms with Crippen LogP contribution in [0.15, 0.2) is 48.5 Å². The third-order valence-corrected chi connectivity index (χ3v) is 3.82. The molecule has 0 saturated heterocycles. The average molecular weight is 327 g/mol. The van der Waals surface area contributed by atoms with Gasteiger partial charge in [-0.3, -0.25) is 4.79 Å². The first kappa shape index (κ1) is 16.3. The first-order chi connectivity index (χ1) is 11.8. The van der Waals surface area contributed by atoms with Crippen molar-refractivity contribution in [1.29, 1.82) is 0 Å². The summed E-state index contributed by atoms with van der Waals surface area (Å²) in [6.45, 7) is 2.22. The molecule has 0 fully saturated rings. The highest BCUT2D eigenvalue weighted by molar-refractivity contribution is 5.77. The second-order valence-corrected chi connectivity index (χ2v) is 5.65. The van der Waals surface area contributed by atoms with Crippen molar-refractivity contribution < 1.29 is 19.0 Å². The first-order valence-corrected chi connectivity index (χ1v) is 7.95. The van der Waals surface area contributed by atoms with Crippen molar-refractivity contribution in [2.75, 3.05) is 26.9 Å². The van der Waals surface area contributed by atoms with E-state index in [1.54, 1.807) is 4.90 Å². The Morgan fingerprint density at radius 3 is 2.46 bits per heavy atom. The fraction of sp³-hybridized carbons (Fsp3) is 0.316. The van der Waals surface area contributed by atoms with E-state index >= 15 is 0 Å². The topological polar surface area (TPSA) is 48.0 Å². The maximum Gasteiger partial charge on any atom is 0.249 e. The van der Waals surface area contributed by atoms with Gasteiger partial charge in [-0.05, 0) is 23.3 Å². The third kappa shape index (κ3) is 4.06. The fourth-order valence-electron chi connectivity index (χ4n) is 2.66. The quantitative estimate of drug-likeness (QED) is 0.818. The standard InChI is InChI=1S/C19H21NO4/c1-22-14-19(21)20(12-15-5-3-2-4-6-15)13-16-7-8-17-18(11-16)24-10-9-23-17/h2-8,11H,9-10,12-14H2,1H3. The van der Waals surface area contributed by atoms with Crippen molar-refractivity contribution in [2.24, 2.45) is 0 Å². The number of amides is 1. The van der Waals surface area contributed by atoms with Crippen LogP contribution < -0.4 is 9.47 Å². The lowest BCUT2D eigenvalue weighted by Gasteiger charge is -2.24. The van der Waals surface area contributed by atoms with Crippen LogP contribution in [-0.2, 0) is 22.6 Å². The molecule has 0 bridgehead atoms. The smallest absolute Gasteiger partial charge is 0.249 e. The molecule has 1 heterocycles. The number of hydrogen-bond acceptors (Lipinski definition) is 4. The van der Waals surface area contributed by atoms with E-state index in [1.165, 1.54) is 7.11 Å². The highest BCUT2D eigenvalue weighted by Crippen LogP contribution is 2.31. The number of carbonyl (C=O) groups is 1. The third-order valence-electron chi connectivity index (χ3n) is 3.82. The molecule has 5 heteroatoms. The van der Waals surface area contributed by atoms with E-state index in [1.807, 2.05) is 48.5 Å². The largest absolute Gasteiger partial charge is 0.486 e. The summed E-state index contributed by atoms with van der Waals surface area (Å²) in [5.41, 5.74) is 2.08. The maximum absolute atomic E-state index is 12.4. The van der Waals surface area contributed by atoms with Crippen LogP contribution in [0.25, 0.3) is 0 Å². The van der Waals surface area contributed by atoms with E-state index in [0.717, 1.165) is 22.6 Å². The number of rotatable bonds is 6. The molecule has 0 atom stereocenters. The van der Waals surface area contributed by atoms with Crippen LogP contribution in [0.4, 0.5) is 0 Å². The van der Waals surface area contributed by atoms with Crippen molar-refractivity contribution in [3.05, 3.63) is 59.7 Å². The Morgan fingerprint density at radius 2 is 1.71 bits per heavy atom. The summed E-state index contributed by atoms with van der Waals surface area (Å²) in [5, 5.41) is 0. The first-order valence-electron chi connectivity index (χ1n) is 7.95. The van der Waals surface area contributed by atoms with E-state index in [4.69, 9.17) is 14.2 Å². The van der Waals surface area contributed by atoms with Crippen LogP contribution in [0.5, 0.6) is 11.5 Å². The summed E-state index contributed by atoms with van der Waals surface area (Å²) in [7, 11) is 1.53. The van der Waals surface area contributed by atoms with Crippen molar-refractivity contribution in [1.82, 2.24) is 4.90 Å². The Labute approximate surface area is 141 Å². The molecule has 0 spiro atoms. The Balaban J connectivity index is 1.77. The minimum atomic E-state index is -0.0451. The van der Waals surface area contributed by atoms with Gasteiger partial charge in [-0.15, -0.1) is 0 Å². The molecule has 1 amide bonds. The molecule has 0 unspecified atom stereocenters. The molecule has 1 aliphatic heterocycles. The zero-order valence-electron chi connectivity index (χ0n) is 13.7. The molecule has 1 aliphatic rings. The predicted octanol–water partition coefficient (Wildman–Crippen LogP) is 2.63. The molecule has 0 radical (unpaired) electrons. The summed E-state index contributed by atoms with van der Waals surface area (Å²) in [6.07, 6.45) is 0. The monoisotopic (exact) mass is 327 g/mol. The Kier molecular flexibility index (Phi) is 5.33. The van der Waals surface area contributed by atoms with Crippen molar-refractivity contribution in [3.8, 4) is 11.5 Å². The second-order valence-electron chi connectivity index (χ2n) is 5.65. The number of hydrogen-bond donors (Lipinski definition) is 0. The molecule has 0 aliphatic carbocycles. The van der Waals surface area contributed by atoms with E-state index in [9.17, 15) is 4.79 Å². The van der Waals surface area contributed by atoms with Crippen molar-refractivity contribution in [2.45, 2.75) is 13.1 Å². The van der Waals surface area contributed by atoms with Crippen LogP contribution in [0.1, 0.15) is 11.1 Å². The molecule has 24 heavy (non-hydrogen) atoms. The van der Waals surface area contributed by atoms with Gasteiger partial charge in [0.1, 0.15) is 19.8 Å². The van der Waals surface area contributed by atoms with Crippen LogP contribution in [0, 0.1) is 0 Å². The SMILES string of the molecule is COCC(=O)N(Cc1ccccc1)Cc1ccc2c(c1)OCCO2. The molecule has 0 saturated carbocycles. The van der Waals surface area contributed by atoms with E-state index in [2.05, 4.69) is 0 Å². The maximum atomic E-state index is 12.4. The Bertz CT molecular complexity index is 687. The van der Waals surface area contributed by atoms with Gasteiger partial charge in [0.2, 0.25) is 5.91 Å². The number of methoxy groups -OCH3 is 1. The van der Waals surface area contributed by atoms with Gasteiger partial charge in [0.15, 0.2) is 11.5 Å². The van der Waals surface area contributed by atoms with Gasteiger partial charge in [-0.2, -0.15) is 0 Å². The lowest BCUT2D eigenvalue weighted by atomic mass is 10.1. The normalized spacial score (nSPS) is 12.7. The predicted molar refractivity (Wildman–Crippen MR) is 90.0 cm³/mol. The van der Waals surface area contributed by atoms with Gasteiger partial charge in [0.05, 0.1) is 0 Å². The van der Waals surface area contributed by atoms with Gasteiger partial charge < -0.3 is 19.1 Å². The summed E-state index contributed by atoms with van der Waals surface area (Å²) in [5.74, 6) is 1.44. The molecule has 2 aromatic rings. The molecule has 0 aromatic heterocycles. The number of nitrogens with zero attached hydrogens (tertiary/aromatic N) is 1. The van der Waals surface area contributed by atoms with Gasteiger partial charge in [0.25, 0.3) is 0 Å². The molecular weight excluding hydrogens is 306 g/mol. The summed E-state index contributed by atoms with van der Waals surface area (Å²) < 4.78 is 16.2. The van der Waals surface area contributed by atoms with Crippen molar-refractivity contribution in [3.63, 3.8) is 0 Å². The van der Waals surface area contributed by atoms with Gasteiger partial charge >= 0.3 is 0 Å². The minimum Gasteiger partial charge on any atom is -0.486 e. The second kappa shape index (κ2) is 7.84. The Hall–Kier alpha value is -2.53. The van der Waals surface area contributed by atoms with Crippen molar-refractivity contribution >= 4 is 5.91 Å². The fourth-order valence-corrected chi connectivity index (χ4v) is 2.66. The van der Waals surface area contributed by atoms with E-state index in [0.29, 0.717) is 26.3 Å². The molecule has 126 valence electrons. The summed E-state index contributed by atoms with van der Waals surface area (Å²) in [4.78, 5) is 14.2. The van der Waals surface area contributed by atoms with Gasteiger partial charge in [-0.1, -0.05) is 36.4 Å². The molecule has 2 aromatic carbocycles. The highest BCUT2D eigenvalue weighted by atomic mass is 16.6. The molecule has 5 nitrogen and oxygen atoms in total. The van der Waals surface area contributed by atoms with Gasteiger partial charge in [-0.25, -0.2) is 0 Å². The lowest BCUT2D eigenvalue weighted by molar-refractivity contribution is -0.136. The van der Waals surface area contributed by atoms with Crippen LogP contribution in [0.3, 0.4) is 0 Å². The van der Waals surface area contributed by atoms with E-state index < -0.39 is 0 Å². The van der Waals surface area contributed by atoms with Crippen LogP contribution in [0.2, 0.25) is 0 Å². The van der Waals surface area contributed by atoms with E-state index in [-0.39, 0.29) is 12.5 Å². The zero-order valence-corrected chi connectivity index (χ0v) is 13.7. The molecular formula is C19H21NO4. The highest BCUT2D eigenvalue weighted by Gasteiger charge is 2.17. The molecule has 3 rings (SSSR count). The number of ether oxygens (including phenoxy) is 3. The number of carbonyl (C=O) groups excluding carboxylic acids is 1. The van der Waals surface area contributed by atoms with Crippen LogP contribution in [-0.4, -0.2) is 37.7 Å².